The summed E-state index contributed by atoms with van der Waals surface area (Å²) in [6.07, 6.45) is 2.86. The molecule has 0 bridgehead atoms. The summed E-state index contributed by atoms with van der Waals surface area (Å²) < 4.78 is 1.90. The Morgan fingerprint density at radius 3 is 2.65 bits per heavy atom. The molecule has 4 nitrogen and oxygen atoms in total. The Morgan fingerprint density at radius 2 is 2.00 bits per heavy atom. The van der Waals surface area contributed by atoms with E-state index in [4.69, 9.17) is 0 Å². The van der Waals surface area contributed by atoms with Crippen LogP contribution in [0.4, 0.5) is 0 Å². The second kappa shape index (κ2) is 5.59. The summed E-state index contributed by atoms with van der Waals surface area (Å²) >= 11 is 0. The first-order chi connectivity index (χ1) is 8.36. The zero-order valence-electron chi connectivity index (χ0n) is 10.3. The molecule has 0 spiro atoms. The van der Waals surface area contributed by atoms with Gasteiger partial charge in [0.15, 0.2) is 0 Å². The van der Waals surface area contributed by atoms with E-state index in [-0.39, 0.29) is 0 Å². The minimum absolute atomic E-state index is 0.301. The molecule has 0 fully saturated rings. The van der Waals surface area contributed by atoms with E-state index in [0.717, 1.165) is 24.3 Å². The molecular weight excluding hydrogens is 212 g/mol. The number of nitrogens with zero attached hydrogens (tertiary/aromatic N) is 3. The highest BCUT2D eigenvalue weighted by Crippen LogP contribution is 2.18. The molecule has 0 radical (unpaired) electrons. The van der Waals surface area contributed by atoms with Crippen LogP contribution in [0, 0.1) is 0 Å². The first kappa shape index (κ1) is 11.8. The molecule has 0 aliphatic heterocycles. The van der Waals surface area contributed by atoms with Gasteiger partial charge in [-0.2, -0.15) is 0 Å². The smallest absolute Gasteiger partial charge is 0.0815 e. The van der Waals surface area contributed by atoms with Gasteiger partial charge in [-0.05, 0) is 25.1 Å². The second-order valence-electron chi connectivity index (χ2n) is 3.92. The van der Waals surface area contributed by atoms with Gasteiger partial charge in [0.25, 0.3) is 0 Å². The van der Waals surface area contributed by atoms with Crippen molar-refractivity contribution in [3.8, 4) is 5.69 Å². The lowest BCUT2D eigenvalue weighted by molar-refractivity contribution is 0.510. The van der Waals surface area contributed by atoms with Crippen LogP contribution in [0.2, 0.25) is 0 Å². The van der Waals surface area contributed by atoms with Crippen LogP contribution in [0.15, 0.2) is 36.5 Å². The van der Waals surface area contributed by atoms with Crippen LogP contribution in [-0.2, 0) is 0 Å². The van der Waals surface area contributed by atoms with Crippen LogP contribution in [0.3, 0.4) is 0 Å². The fourth-order valence-electron chi connectivity index (χ4n) is 1.95. The molecule has 2 rings (SSSR count). The summed E-state index contributed by atoms with van der Waals surface area (Å²) in [7, 11) is 0. The van der Waals surface area contributed by atoms with Crippen molar-refractivity contribution in [1.29, 1.82) is 0 Å². The lowest BCUT2D eigenvalue weighted by Crippen LogP contribution is -2.22. The summed E-state index contributed by atoms with van der Waals surface area (Å²) in [6, 6.07) is 10.4. The molecule has 1 atom stereocenters. The van der Waals surface area contributed by atoms with Gasteiger partial charge in [0.1, 0.15) is 0 Å². The van der Waals surface area contributed by atoms with Crippen molar-refractivity contribution in [2.45, 2.75) is 26.3 Å². The van der Waals surface area contributed by atoms with Gasteiger partial charge in [-0.15, -0.1) is 5.10 Å². The highest BCUT2D eigenvalue weighted by atomic mass is 15.4. The van der Waals surface area contributed by atoms with Crippen LogP contribution in [-0.4, -0.2) is 21.5 Å². The number of benzene rings is 1. The predicted octanol–water partition coefficient (Wildman–Crippen LogP) is 2.33. The number of nitrogens with one attached hydrogen (secondary N) is 1. The molecule has 1 heterocycles. The molecule has 1 unspecified atom stereocenters. The molecule has 90 valence electrons. The summed E-state index contributed by atoms with van der Waals surface area (Å²) in [5.74, 6) is 0. The van der Waals surface area contributed by atoms with Crippen molar-refractivity contribution in [2.24, 2.45) is 0 Å². The number of rotatable bonds is 5. The zero-order chi connectivity index (χ0) is 12.1. The van der Waals surface area contributed by atoms with E-state index in [2.05, 4.69) is 29.5 Å². The standard InChI is InChI=1S/C13H18N4/c1-3-12(14-4-2)13-10-15-16-17(13)11-8-6-5-7-9-11/h5-10,12,14H,3-4H2,1-2H3. The molecule has 2 aromatic rings. The van der Waals surface area contributed by atoms with Gasteiger partial charge in [0, 0.05) is 0 Å². The number of para-hydroxylation sites is 1. The van der Waals surface area contributed by atoms with Crippen LogP contribution >= 0.6 is 0 Å². The average Bonchev–Trinajstić information content (AvgIpc) is 2.86. The second-order valence-corrected chi connectivity index (χ2v) is 3.92. The largest absolute Gasteiger partial charge is 0.309 e. The molecule has 0 aliphatic rings. The van der Waals surface area contributed by atoms with Crippen molar-refractivity contribution >= 4 is 0 Å². The van der Waals surface area contributed by atoms with E-state index < -0.39 is 0 Å². The van der Waals surface area contributed by atoms with Crippen molar-refractivity contribution in [3.05, 3.63) is 42.2 Å². The molecule has 1 aromatic heterocycles. The van der Waals surface area contributed by atoms with Crippen molar-refractivity contribution in [3.63, 3.8) is 0 Å². The SMILES string of the molecule is CCNC(CC)c1cnnn1-c1ccccc1. The Labute approximate surface area is 102 Å². The van der Waals surface area contributed by atoms with E-state index in [1.165, 1.54) is 0 Å². The van der Waals surface area contributed by atoms with E-state index in [1.807, 2.05) is 41.2 Å². The first-order valence-electron chi connectivity index (χ1n) is 6.06. The lowest BCUT2D eigenvalue weighted by atomic mass is 10.1. The van der Waals surface area contributed by atoms with Crippen molar-refractivity contribution < 1.29 is 0 Å². The molecule has 0 aliphatic carbocycles. The Bertz CT molecular complexity index is 449. The third-order valence-electron chi connectivity index (χ3n) is 2.79. The maximum atomic E-state index is 4.16. The van der Waals surface area contributed by atoms with Gasteiger partial charge in [-0.25, -0.2) is 4.68 Å². The van der Waals surface area contributed by atoms with Crippen molar-refractivity contribution in [1.82, 2.24) is 20.3 Å². The lowest BCUT2D eigenvalue weighted by Gasteiger charge is -2.16. The van der Waals surface area contributed by atoms with E-state index >= 15 is 0 Å². The highest BCUT2D eigenvalue weighted by molar-refractivity contribution is 5.32. The normalized spacial score (nSPS) is 12.6. The maximum absolute atomic E-state index is 4.16. The first-order valence-corrected chi connectivity index (χ1v) is 6.06. The van der Waals surface area contributed by atoms with Gasteiger partial charge in [-0.3, -0.25) is 0 Å². The fraction of sp³-hybridized carbons (Fsp3) is 0.385. The average molecular weight is 230 g/mol. The van der Waals surface area contributed by atoms with Gasteiger partial charge in [0.2, 0.25) is 0 Å². The highest BCUT2D eigenvalue weighted by Gasteiger charge is 2.14. The molecule has 0 saturated carbocycles. The molecule has 0 amide bonds. The monoisotopic (exact) mass is 230 g/mol. The van der Waals surface area contributed by atoms with Crippen LogP contribution in [0.1, 0.15) is 32.0 Å². The van der Waals surface area contributed by atoms with E-state index in [9.17, 15) is 0 Å². The third kappa shape index (κ3) is 2.53. The van der Waals surface area contributed by atoms with Gasteiger partial charge < -0.3 is 5.32 Å². The van der Waals surface area contributed by atoms with Gasteiger partial charge in [0.05, 0.1) is 23.6 Å². The number of hydrogen-bond acceptors (Lipinski definition) is 3. The quantitative estimate of drug-likeness (QED) is 0.857. The van der Waals surface area contributed by atoms with Gasteiger partial charge in [-0.1, -0.05) is 37.3 Å². The Hall–Kier alpha value is -1.68. The zero-order valence-corrected chi connectivity index (χ0v) is 10.3. The summed E-state index contributed by atoms with van der Waals surface area (Å²) in [6.45, 7) is 5.22. The summed E-state index contributed by atoms with van der Waals surface area (Å²) in [4.78, 5) is 0. The predicted molar refractivity (Wildman–Crippen MR) is 68.1 cm³/mol. The Balaban J connectivity index is 2.34. The maximum Gasteiger partial charge on any atom is 0.0815 e. The molecule has 4 heteroatoms. The molecule has 1 N–H and O–H groups in total. The Kier molecular flexibility index (Phi) is 3.88. The van der Waals surface area contributed by atoms with Crippen LogP contribution in [0.25, 0.3) is 5.69 Å². The Morgan fingerprint density at radius 1 is 1.24 bits per heavy atom. The summed E-state index contributed by atoms with van der Waals surface area (Å²) in [5, 5.41) is 11.6. The van der Waals surface area contributed by atoms with Crippen LogP contribution in [0.5, 0.6) is 0 Å². The third-order valence-corrected chi connectivity index (χ3v) is 2.79. The fourth-order valence-corrected chi connectivity index (χ4v) is 1.95. The number of aromatic nitrogens is 3. The van der Waals surface area contributed by atoms with Gasteiger partial charge >= 0.3 is 0 Å². The van der Waals surface area contributed by atoms with E-state index in [1.54, 1.807) is 0 Å². The molecular formula is C13H18N4. The topological polar surface area (TPSA) is 42.7 Å². The molecule has 0 saturated heterocycles. The van der Waals surface area contributed by atoms with E-state index in [0.29, 0.717) is 6.04 Å². The van der Waals surface area contributed by atoms with Crippen LogP contribution < -0.4 is 5.32 Å². The minimum atomic E-state index is 0.301. The summed E-state index contributed by atoms with van der Waals surface area (Å²) in [5.41, 5.74) is 2.16. The molecule has 1 aromatic carbocycles. The minimum Gasteiger partial charge on any atom is -0.309 e. The molecule has 17 heavy (non-hydrogen) atoms. The van der Waals surface area contributed by atoms with Crippen molar-refractivity contribution in [2.75, 3.05) is 6.54 Å². The number of hydrogen-bond donors (Lipinski definition) is 1.